The Balaban J connectivity index is 1.72. The number of ether oxygens (including phenoxy) is 1. The smallest absolute Gasteiger partial charge is 0.201 e. The van der Waals surface area contributed by atoms with E-state index in [4.69, 9.17) is 4.74 Å². The topological polar surface area (TPSA) is 49.9 Å². The second-order valence-corrected chi connectivity index (χ2v) is 4.36. The zero-order valence-corrected chi connectivity index (χ0v) is 9.37. The SMILES string of the molecule is Fc1ccc2nc(NCC3CCOC3)[nH]c2c1. The summed E-state index contributed by atoms with van der Waals surface area (Å²) in [6.45, 7) is 2.49. The average molecular weight is 235 g/mol. The molecule has 0 aliphatic carbocycles. The number of benzene rings is 1. The number of fused-ring (bicyclic) bond motifs is 1. The van der Waals surface area contributed by atoms with Crippen LogP contribution in [0.25, 0.3) is 11.0 Å². The van der Waals surface area contributed by atoms with Crippen LogP contribution in [0, 0.1) is 11.7 Å². The third-order valence-electron chi connectivity index (χ3n) is 3.03. The normalized spacial score (nSPS) is 19.9. The predicted molar refractivity (Wildman–Crippen MR) is 63.5 cm³/mol. The highest BCUT2D eigenvalue weighted by molar-refractivity contribution is 5.77. The van der Waals surface area contributed by atoms with Gasteiger partial charge in [0.25, 0.3) is 0 Å². The van der Waals surface area contributed by atoms with Crippen LogP contribution in [0.1, 0.15) is 6.42 Å². The average Bonchev–Trinajstić information content (AvgIpc) is 2.94. The lowest BCUT2D eigenvalue weighted by molar-refractivity contribution is 0.187. The molecular formula is C12H14FN3O. The molecule has 2 aromatic rings. The van der Waals surface area contributed by atoms with E-state index in [1.807, 2.05) is 0 Å². The molecule has 4 nitrogen and oxygen atoms in total. The van der Waals surface area contributed by atoms with Crippen LogP contribution in [0.2, 0.25) is 0 Å². The highest BCUT2D eigenvalue weighted by Crippen LogP contribution is 2.17. The molecule has 1 aliphatic heterocycles. The highest BCUT2D eigenvalue weighted by Gasteiger charge is 2.15. The first-order chi connectivity index (χ1) is 8.31. The van der Waals surface area contributed by atoms with Gasteiger partial charge in [-0.15, -0.1) is 0 Å². The number of halogens is 1. The van der Waals surface area contributed by atoms with E-state index in [9.17, 15) is 4.39 Å². The molecule has 1 fully saturated rings. The van der Waals surface area contributed by atoms with E-state index in [1.54, 1.807) is 6.07 Å². The van der Waals surface area contributed by atoms with E-state index < -0.39 is 0 Å². The van der Waals surface area contributed by atoms with Gasteiger partial charge in [0.1, 0.15) is 5.82 Å². The molecular weight excluding hydrogens is 221 g/mol. The van der Waals surface area contributed by atoms with Gasteiger partial charge in [-0.1, -0.05) is 0 Å². The fourth-order valence-electron chi connectivity index (χ4n) is 2.05. The monoisotopic (exact) mass is 235 g/mol. The summed E-state index contributed by atoms with van der Waals surface area (Å²) in [6.07, 6.45) is 1.09. The summed E-state index contributed by atoms with van der Waals surface area (Å²) in [4.78, 5) is 7.40. The number of nitrogens with one attached hydrogen (secondary N) is 2. The minimum atomic E-state index is -0.253. The summed E-state index contributed by atoms with van der Waals surface area (Å²) >= 11 is 0. The van der Waals surface area contributed by atoms with E-state index >= 15 is 0 Å². The van der Waals surface area contributed by atoms with Crippen LogP contribution in [0.4, 0.5) is 10.3 Å². The number of aromatic amines is 1. The number of hydrogen-bond donors (Lipinski definition) is 2. The molecule has 0 radical (unpaired) electrons. The van der Waals surface area contributed by atoms with Crippen LogP contribution in [-0.2, 0) is 4.74 Å². The number of rotatable bonds is 3. The largest absolute Gasteiger partial charge is 0.381 e. The first kappa shape index (κ1) is 10.5. The van der Waals surface area contributed by atoms with Gasteiger partial charge in [-0.2, -0.15) is 0 Å². The van der Waals surface area contributed by atoms with Gasteiger partial charge in [0, 0.05) is 19.1 Å². The summed E-state index contributed by atoms with van der Waals surface area (Å²) in [5, 5.41) is 3.23. The number of H-pyrrole nitrogens is 1. The Hall–Kier alpha value is -1.62. The Labute approximate surface area is 98.2 Å². The number of hydrogen-bond acceptors (Lipinski definition) is 3. The summed E-state index contributed by atoms with van der Waals surface area (Å²) in [7, 11) is 0. The summed E-state index contributed by atoms with van der Waals surface area (Å²) in [6, 6.07) is 4.54. The first-order valence-electron chi connectivity index (χ1n) is 5.78. The van der Waals surface area contributed by atoms with E-state index in [1.165, 1.54) is 12.1 Å². The molecule has 0 saturated carbocycles. The summed E-state index contributed by atoms with van der Waals surface area (Å²) < 4.78 is 18.3. The molecule has 0 spiro atoms. The summed E-state index contributed by atoms with van der Waals surface area (Å²) in [5.41, 5.74) is 1.49. The highest BCUT2D eigenvalue weighted by atomic mass is 19.1. The van der Waals surface area contributed by atoms with Crippen molar-refractivity contribution >= 4 is 17.0 Å². The lowest BCUT2D eigenvalue weighted by Crippen LogP contribution is -2.14. The number of imidazole rings is 1. The standard InChI is InChI=1S/C12H14FN3O/c13-9-1-2-10-11(5-9)16-12(15-10)14-6-8-3-4-17-7-8/h1-2,5,8H,3-4,6-7H2,(H2,14,15,16). The van der Waals surface area contributed by atoms with Crippen LogP contribution in [0.3, 0.4) is 0 Å². The molecule has 0 bridgehead atoms. The van der Waals surface area contributed by atoms with E-state index in [-0.39, 0.29) is 5.82 Å². The van der Waals surface area contributed by atoms with Gasteiger partial charge in [0.15, 0.2) is 0 Å². The van der Waals surface area contributed by atoms with E-state index in [0.29, 0.717) is 11.9 Å². The molecule has 1 unspecified atom stereocenters. The lowest BCUT2D eigenvalue weighted by Gasteiger charge is -2.07. The van der Waals surface area contributed by atoms with Crippen molar-refractivity contribution in [1.82, 2.24) is 9.97 Å². The molecule has 3 rings (SSSR count). The molecule has 1 aromatic carbocycles. The molecule has 17 heavy (non-hydrogen) atoms. The molecule has 5 heteroatoms. The maximum atomic E-state index is 13.0. The van der Waals surface area contributed by atoms with Crippen molar-refractivity contribution in [2.24, 2.45) is 5.92 Å². The Bertz CT molecular complexity index is 519. The zero-order valence-electron chi connectivity index (χ0n) is 9.37. The van der Waals surface area contributed by atoms with Crippen molar-refractivity contribution in [3.8, 4) is 0 Å². The van der Waals surface area contributed by atoms with Gasteiger partial charge in [-0.05, 0) is 24.6 Å². The van der Waals surface area contributed by atoms with Crippen molar-refractivity contribution in [2.75, 3.05) is 25.1 Å². The Kier molecular flexibility index (Phi) is 2.68. The molecule has 1 aromatic heterocycles. The van der Waals surface area contributed by atoms with Crippen molar-refractivity contribution in [3.05, 3.63) is 24.0 Å². The van der Waals surface area contributed by atoms with Crippen LogP contribution in [0.15, 0.2) is 18.2 Å². The summed E-state index contributed by atoms with van der Waals surface area (Å²) in [5.74, 6) is 0.981. The second kappa shape index (κ2) is 4.33. The quantitative estimate of drug-likeness (QED) is 0.857. The predicted octanol–water partition coefficient (Wildman–Crippen LogP) is 2.15. The fraction of sp³-hybridized carbons (Fsp3) is 0.417. The maximum Gasteiger partial charge on any atom is 0.201 e. The van der Waals surface area contributed by atoms with E-state index in [0.717, 1.165) is 37.2 Å². The lowest BCUT2D eigenvalue weighted by atomic mass is 10.1. The van der Waals surface area contributed by atoms with E-state index in [2.05, 4.69) is 15.3 Å². The zero-order chi connectivity index (χ0) is 11.7. The van der Waals surface area contributed by atoms with Crippen LogP contribution >= 0.6 is 0 Å². The molecule has 1 aliphatic rings. The molecule has 0 amide bonds. The first-order valence-corrected chi connectivity index (χ1v) is 5.78. The molecule has 1 atom stereocenters. The van der Waals surface area contributed by atoms with Gasteiger partial charge in [0.2, 0.25) is 5.95 Å². The minimum absolute atomic E-state index is 0.253. The van der Waals surface area contributed by atoms with Crippen molar-refractivity contribution in [2.45, 2.75) is 6.42 Å². The van der Waals surface area contributed by atoms with Crippen molar-refractivity contribution < 1.29 is 9.13 Å². The number of nitrogens with zero attached hydrogens (tertiary/aromatic N) is 1. The third kappa shape index (κ3) is 2.24. The Morgan fingerprint density at radius 1 is 1.53 bits per heavy atom. The fourth-order valence-corrected chi connectivity index (χ4v) is 2.05. The van der Waals surface area contributed by atoms with Crippen molar-refractivity contribution in [1.29, 1.82) is 0 Å². The number of aromatic nitrogens is 2. The number of anilines is 1. The van der Waals surface area contributed by atoms with Gasteiger partial charge in [-0.25, -0.2) is 9.37 Å². The molecule has 90 valence electrons. The van der Waals surface area contributed by atoms with Crippen molar-refractivity contribution in [3.63, 3.8) is 0 Å². The Morgan fingerprint density at radius 3 is 3.29 bits per heavy atom. The van der Waals surface area contributed by atoms with Crippen LogP contribution in [0.5, 0.6) is 0 Å². The van der Waals surface area contributed by atoms with Crippen LogP contribution in [-0.4, -0.2) is 29.7 Å². The molecule has 2 heterocycles. The van der Waals surface area contributed by atoms with Gasteiger partial charge in [-0.3, -0.25) is 0 Å². The third-order valence-corrected chi connectivity index (χ3v) is 3.03. The van der Waals surface area contributed by atoms with Gasteiger partial charge < -0.3 is 15.0 Å². The molecule has 2 N–H and O–H groups in total. The second-order valence-electron chi connectivity index (χ2n) is 4.36. The van der Waals surface area contributed by atoms with Gasteiger partial charge >= 0.3 is 0 Å². The molecule has 1 saturated heterocycles. The van der Waals surface area contributed by atoms with Crippen LogP contribution < -0.4 is 5.32 Å². The minimum Gasteiger partial charge on any atom is -0.381 e. The Morgan fingerprint density at radius 2 is 2.47 bits per heavy atom. The van der Waals surface area contributed by atoms with Gasteiger partial charge in [0.05, 0.1) is 17.6 Å². The maximum absolute atomic E-state index is 13.0.